The summed E-state index contributed by atoms with van der Waals surface area (Å²) in [6, 6.07) is 0.484. The van der Waals surface area contributed by atoms with Crippen molar-refractivity contribution in [3.63, 3.8) is 0 Å². The van der Waals surface area contributed by atoms with Gasteiger partial charge >= 0.3 is 0 Å². The van der Waals surface area contributed by atoms with E-state index >= 15 is 0 Å². The molecule has 19 heavy (non-hydrogen) atoms. The predicted molar refractivity (Wildman–Crippen MR) is 80.6 cm³/mol. The van der Waals surface area contributed by atoms with Crippen LogP contribution in [0.15, 0.2) is 0 Å². The number of aryl methyl sites for hydroxylation is 2. The molecule has 0 aliphatic heterocycles. The van der Waals surface area contributed by atoms with E-state index in [1.54, 1.807) is 4.68 Å². The first-order valence-electron chi connectivity index (χ1n) is 7.22. The Morgan fingerprint density at radius 1 is 1.53 bits per heavy atom. The van der Waals surface area contributed by atoms with E-state index in [9.17, 15) is 0 Å². The molecule has 0 bridgehead atoms. The van der Waals surface area contributed by atoms with Crippen LogP contribution >= 0.6 is 11.6 Å². The van der Waals surface area contributed by atoms with Crippen LogP contribution in [-0.4, -0.2) is 22.9 Å². The standard InChI is InChI=1S/C15H26ClN3/c1-10-11(14(16)19(5)18-10)9-13(17-4)12-7-6-8-15(12,2)3/h12-13,17H,6-9H2,1-5H3. The lowest BCUT2D eigenvalue weighted by Crippen LogP contribution is -2.40. The number of likely N-dealkylation sites (N-methyl/N-ethyl adjacent to an activating group) is 1. The highest BCUT2D eigenvalue weighted by atomic mass is 35.5. The van der Waals surface area contributed by atoms with Crippen LogP contribution in [0.2, 0.25) is 5.15 Å². The van der Waals surface area contributed by atoms with Crippen molar-refractivity contribution in [2.75, 3.05) is 7.05 Å². The molecule has 0 aromatic carbocycles. The van der Waals surface area contributed by atoms with Crippen LogP contribution in [0.3, 0.4) is 0 Å². The first-order chi connectivity index (χ1) is 8.86. The van der Waals surface area contributed by atoms with E-state index in [0.29, 0.717) is 17.4 Å². The largest absolute Gasteiger partial charge is 0.316 e. The summed E-state index contributed by atoms with van der Waals surface area (Å²) in [6.07, 6.45) is 4.96. The van der Waals surface area contributed by atoms with E-state index in [0.717, 1.165) is 17.3 Å². The molecule has 0 saturated heterocycles. The number of nitrogens with one attached hydrogen (secondary N) is 1. The van der Waals surface area contributed by atoms with Gasteiger partial charge in [-0.25, -0.2) is 0 Å². The summed E-state index contributed by atoms with van der Waals surface area (Å²) in [5.41, 5.74) is 2.69. The van der Waals surface area contributed by atoms with Crippen molar-refractivity contribution in [3.05, 3.63) is 16.4 Å². The second-order valence-electron chi connectivity index (χ2n) is 6.56. The molecule has 2 rings (SSSR count). The van der Waals surface area contributed by atoms with Crippen molar-refractivity contribution in [1.29, 1.82) is 0 Å². The van der Waals surface area contributed by atoms with Gasteiger partial charge in [-0.15, -0.1) is 0 Å². The lowest BCUT2D eigenvalue weighted by Gasteiger charge is -2.34. The second kappa shape index (κ2) is 5.45. The fourth-order valence-corrected chi connectivity index (χ4v) is 3.92. The average molecular weight is 284 g/mol. The van der Waals surface area contributed by atoms with E-state index < -0.39 is 0 Å². The van der Waals surface area contributed by atoms with Crippen LogP contribution in [-0.2, 0) is 13.5 Å². The number of aromatic nitrogens is 2. The average Bonchev–Trinajstić information content (AvgIpc) is 2.79. The Morgan fingerprint density at radius 2 is 2.21 bits per heavy atom. The van der Waals surface area contributed by atoms with Crippen molar-refractivity contribution in [3.8, 4) is 0 Å². The Labute approximate surface area is 121 Å². The van der Waals surface area contributed by atoms with Crippen LogP contribution in [0.25, 0.3) is 0 Å². The molecule has 2 unspecified atom stereocenters. The summed E-state index contributed by atoms with van der Waals surface area (Å²) >= 11 is 6.37. The molecule has 1 aliphatic rings. The van der Waals surface area contributed by atoms with Crippen molar-refractivity contribution in [1.82, 2.24) is 15.1 Å². The van der Waals surface area contributed by atoms with Gasteiger partial charge in [0.2, 0.25) is 0 Å². The first-order valence-corrected chi connectivity index (χ1v) is 7.60. The van der Waals surface area contributed by atoms with Crippen molar-refractivity contribution < 1.29 is 0 Å². The molecular formula is C15H26ClN3. The smallest absolute Gasteiger partial charge is 0.130 e. The molecule has 1 heterocycles. The summed E-state index contributed by atoms with van der Waals surface area (Å²) in [5, 5.41) is 8.72. The maximum Gasteiger partial charge on any atom is 0.130 e. The minimum atomic E-state index is 0.427. The highest BCUT2D eigenvalue weighted by molar-refractivity contribution is 6.30. The SMILES string of the molecule is CNC(Cc1c(C)nn(C)c1Cl)C1CCCC1(C)C. The van der Waals surface area contributed by atoms with Gasteiger partial charge in [-0.2, -0.15) is 5.10 Å². The lowest BCUT2D eigenvalue weighted by molar-refractivity contribution is 0.201. The van der Waals surface area contributed by atoms with Gasteiger partial charge in [-0.1, -0.05) is 31.9 Å². The quantitative estimate of drug-likeness (QED) is 0.918. The van der Waals surface area contributed by atoms with Crippen LogP contribution in [0.4, 0.5) is 0 Å². The Kier molecular flexibility index (Phi) is 4.26. The summed E-state index contributed by atoms with van der Waals surface area (Å²) in [4.78, 5) is 0. The highest BCUT2D eigenvalue weighted by Crippen LogP contribution is 2.45. The monoisotopic (exact) mass is 283 g/mol. The van der Waals surface area contributed by atoms with E-state index in [1.165, 1.54) is 24.8 Å². The van der Waals surface area contributed by atoms with Crippen molar-refractivity contribution >= 4 is 11.6 Å². The maximum atomic E-state index is 6.37. The van der Waals surface area contributed by atoms with Crippen LogP contribution in [0.1, 0.15) is 44.4 Å². The zero-order valence-corrected chi connectivity index (χ0v) is 13.5. The maximum absolute atomic E-state index is 6.37. The predicted octanol–water partition coefficient (Wildman–Crippen LogP) is 3.34. The molecule has 4 heteroatoms. The zero-order valence-electron chi connectivity index (χ0n) is 12.8. The molecule has 2 atom stereocenters. The molecule has 1 N–H and O–H groups in total. The normalized spacial score (nSPS) is 23.8. The summed E-state index contributed by atoms with van der Waals surface area (Å²) in [7, 11) is 3.98. The topological polar surface area (TPSA) is 29.9 Å². The van der Waals surface area contributed by atoms with Gasteiger partial charge in [0.05, 0.1) is 5.69 Å². The number of hydrogen-bond donors (Lipinski definition) is 1. The molecule has 3 nitrogen and oxygen atoms in total. The molecule has 1 saturated carbocycles. The van der Waals surface area contributed by atoms with Gasteiger partial charge < -0.3 is 5.32 Å². The van der Waals surface area contributed by atoms with E-state index in [1.807, 2.05) is 14.0 Å². The molecule has 1 aromatic rings. The zero-order chi connectivity index (χ0) is 14.2. The third kappa shape index (κ3) is 2.82. The molecule has 108 valence electrons. The Morgan fingerprint density at radius 3 is 2.63 bits per heavy atom. The number of nitrogens with zero attached hydrogens (tertiary/aromatic N) is 2. The Hall–Kier alpha value is -0.540. The minimum absolute atomic E-state index is 0.427. The first kappa shape index (κ1) is 14.9. The highest BCUT2D eigenvalue weighted by Gasteiger charge is 2.39. The number of rotatable bonds is 4. The third-order valence-corrected chi connectivity index (χ3v) is 5.36. The summed E-state index contributed by atoms with van der Waals surface area (Å²) in [5.74, 6) is 0.716. The second-order valence-corrected chi connectivity index (χ2v) is 6.92. The summed E-state index contributed by atoms with van der Waals surface area (Å²) in [6.45, 7) is 6.84. The van der Waals surface area contributed by atoms with E-state index in [-0.39, 0.29) is 0 Å². The van der Waals surface area contributed by atoms with Crippen molar-refractivity contribution in [2.45, 2.75) is 52.5 Å². The van der Waals surface area contributed by atoms with Crippen LogP contribution in [0.5, 0.6) is 0 Å². The molecular weight excluding hydrogens is 258 g/mol. The van der Waals surface area contributed by atoms with E-state index in [2.05, 4.69) is 31.3 Å². The minimum Gasteiger partial charge on any atom is -0.316 e. The van der Waals surface area contributed by atoms with Gasteiger partial charge in [-0.05, 0) is 44.6 Å². The van der Waals surface area contributed by atoms with Gasteiger partial charge in [0.1, 0.15) is 5.15 Å². The fourth-order valence-electron chi connectivity index (χ4n) is 3.67. The van der Waals surface area contributed by atoms with Crippen LogP contribution in [0, 0.1) is 18.3 Å². The molecule has 0 radical (unpaired) electrons. The van der Waals surface area contributed by atoms with Crippen LogP contribution < -0.4 is 5.32 Å². The number of hydrogen-bond acceptors (Lipinski definition) is 2. The molecule has 0 spiro atoms. The molecule has 1 fully saturated rings. The Balaban J connectivity index is 2.20. The lowest BCUT2D eigenvalue weighted by atomic mass is 9.76. The van der Waals surface area contributed by atoms with Crippen molar-refractivity contribution in [2.24, 2.45) is 18.4 Å². The van der Waals surface area contributed by atoms with Gasteiger partial charge in [-0.3, -0.25) is 4.68 Å². The fraction of sp³-hybridized carbons (Fsp3) is 0.800. The molecule has 0 amide bonds. The van der Waals surface area contributed by atoms with E-state index in [4.69, 9.17) is 11.6 Å². The third-order valence-electron chi connectivity index (χ3n) is 4.89. The number of halogens is 1. The van der Waals surface area contributed by atoms with Gasteiger partial charge in [0.25, 0.3) is 0 Å². The van der Waals surface area contributed by atoms with Gasteiger partial charge in [0, 0.05) is 18.7 Å². The Bertz CT molecular complexity index is 450. The summed E-state index contributed by atoms with van der Waals surface area (Å²) < 4.78 is 1.78. The van der Waals surface area contributed by atoms with Gasteiger partial charge in [0.15, 0.2) is 0 Å². The molecule has 1 aromatic heterocycles. The molecule has 1 aliphatic carbocycles.